The van der Waals surface area contributed by atoms with Crippen molar-refractivity contribution in [3.05, 3.63) is 58.6 Å². The van der Waals surface area contributed by atoms with Gasteiger partial charge in [0.05, 0.1) is 5.75 Å². The van der Waals surface area contributed by atoms with Crippen molar-refractivity contribution in [3.8, 4) is 0 Å². The van der Waals surface area contributed by atoms with Crippen molar-refractivity contribution in [2.45, 2.75) is 25.5 Å². The maximum absolute atomic E-state index is 12.2. The summed E-state index contributed by atoms with van der Waals surface area (Å²) in [5.41, 5.74) is 4.50. The van der Waals surface area contributed by atoms with Crippen molar-refractivity contribution in [3.63, 3.8) is 0 Å². The highest BCUT2D eigenvalue weighted by Crippen LogP contribution is 2.27. The molecule has 3 nitrogen and oxygen atoms in total. The minimum Gasteiger partial charge on any atom is -0.371 e. The Hall–Kier alpha value is -1.65. The van der Waals surface area contributed by atoms with Crippen LogP contribution >= 0.6 is 23.4 Å². The number of hydrogen-bond acceptors (Lipinski definition) is 3. The van der Waals surface area contributed by atoms with Crippen LogP contribution in [0.25, 0.3) is 0 Å². The predicted molar refractivity (Wildman–Crippen MR) is 109 cm³/mol. The zero-order valence-corrected chi connectivity index (χ0v) is 16.0. The summed E-state index contributed by atoms with van der Waals surface area (Å²) in [4.78, 5) is 14.6. The molecule has 1 amide bonds. The molecule has 0 bridgehead atoms. The van der Waals surface area contributed by atoms with E-state index < -0.39 is 0 Å². The van der Waals surface area contributed by atoms with Crippen LogP contribution in [0.1, 0.15) is 24.0 Å². The fourth-order valence-corrected chi connectivity index (χ4v) is 4.12. The van der Waals surface area contributed by atoms with E-state index in [2.05, 4.69) is 29.3 Å². The van der Waals surface area contributed by atoms with Crippen LogP contribution in [0.15, 0.2) is 42.5 Å². The summed E-state index contributed by atoms with van der Waals surface area (Å²) in [5, 5.41) is 3.73. The average Bonchev–Trinajstić information content (AvgIpc) is 3.09. The first-order chi connectivity index (χ1) is 12.1. The van der Waals surface area contributed by atoms with Crippen molar-refractivity contribution >= 4 is 40.6 Å². The minimum atomic E-state index is 0.0281. The molecule has 2 aromatic carbocycles. The highest BCUT2D eigenvalue weighted by molar-refractivity contribution is 7.99. The smallest absolute Gasteiger partial charge is 0.234 e. The topological polar surface area (TPSA) is 32.3 Å². The number of amides is 1. The second-order valence-corrected chi connectivity index (χ2v) is 7.79. The standard InChI is InChI=1S/C20H23ClN2OS/c1-15-11-18(7-8-19(15)23-9-2-3-10-23)22-20(24)14-25-13-16-5-4-6-17(21)12-16/h4-8,11-12H,2-3,9-10,13-14H2,1H3,(H,22,24). The molecule has 0 unspecified atom stereocenters. The minimum absolute atomic E-state index is 0.0281. The molecule has 1 N–H and O–H groups in total. The van der Waals surface area contributed by atoms with E-state index in [9.17, 15) is 4.79 Å². The fraction of sp³-hybridized carbons (Fsp3) is 0.350. The van der Waals surface area contributed by atoms with Crippen LogP contribution in [0.3, 0.4) is 0 Å². The lowest BCUT2D eigenvalue weighted by Gasteiger charge is -2.20. The molecule has 0 atom stereocenters. The van der Waals surface area contributed by atoms with Gasteiger partial charge in [-0.25, -0.2) is 0 Å². The number of nitrogens with one attached hydrogen (secondary N) is 1. The number of aryl methyl sites for hydroxylation is 1. The molecule has 1 fully saturated rings. The quantitative estimate of drug-likeness (QED) is 0.761. The van der Waals surface area contributed by atoms with E-state index in [1.54, 1.807) is 11.8 Å². The molecule has 2 aromatic rings. The number of rotatable bonds is 6. The molecule has 0 aliphatic carbocycles. The van der Waals surface area contributed by atoms with Gasteiger partial charge in [-0.05, 0) is 61.2 Å². The summed E-state index contributed by atoms with van der Waals surface area (Å²) < 4.78 is 0. The lowest BCUT2D eigenvalue weighted by Crippen LogP contribution is -2.19. The molecule has 132 valence electrons. The predicted octanol–water partition coefficient (Wildman–Crippen LogP) is 5.12. The van der Waals surface area contributed by atoms with Gasteiger partial charge in [-0.2, -0.15) is 0 Å². The molecule has 0 aromatic heterocycles. The summed E-state index contributed by atoms with van der Waals surface area (Å²) in [6.45, 7) is 4.37. The molecule has 1 saturated heterocycles. The Morgan fingerprint density at radius 3 is 2.72 bits per heavy atom. The van der Waals surface area contributed by atoms with Gasteiger partial charge < -0.3 is 10.2 Å². The second kappa shape index (κ2) is 8.63. The van der Waals surface area contributed by atoms with Crippen molar-refractivity contribution in [2.75, 3.05) is 29.1 Å². The molecular weight excluding hydrogens is 352 g/mol. The second-order valence-electron chi connectivity index (χ2n) is 6.37. The maximum Gasteiger partial charge on any atom is 0.234 e. The SMILES string of the molecule is Cc1cc(NC(=O)CSCc2cccc(Cl)c2)ccc1N1CCCC1. The molecule has 1 aliphatic heterocycles. The highest BCUT2D eigenvalue weighted by Gasteiger charge is 2.14. The largest absolute Gasteiger partial charge is 0.371 e. The van der Waals surface area contributed by atoms with E-state index >= 15 is 0 Å². The van der Waals surface area contributed by atoms with Gasteiger partial charge >= 0.3 is 0 Å². The zero-order chi connectivity index (χ0) is 17.6. The third-order valence-corrected chi connectivity index (χ3v) is 5.56. The number of nitrogens with zero attached hydrogens (tertiary/aromatic N) is 1. The Balaban J connectivity index is 1.50. The number of thioether (sulfide) groups is 1. The summed E-state index contributed by atoms with van der Waals surface area (Å²) >= 11 is 7.57. The Labute approximate surface area is 158 Å². The molecule has 1 aliphatic rings. The first-order valence-corrected chi connectivity index (χ1v) is 10.1. The molecule has 1 heterocycles. The van der Waals surface area contributed by atoms with Gasteiger partial charge in [0.2, 0.25) is 5.91 Å². The van der Waals surface area contributed by atoms with Crippen molar-refractivity contribution in [1.82, 2.24) is 0 Å². The molecular formula is C20H23ClN2OS. The van der Waals surface area contributed by atoms with Crippen molar-refractivity contribution in [1.29, 1.82) is 0 Å². The highest BCUT2D eigenvalue weighted by atomic mass is 35.5. The first-order valence-electron chi connectivity index (χ1n) is 8.59. The number of carbonyl (C=O) groups excluding carboxylic acids is 1. The molecule has 0 saturated carbocycles. The number of anilines is 2. The summed E-state index contributed by atoms with van der Waals surface area (Å²) in [5.74, 6) is 1.24. The number of hydrogen-bond donors (Lipinski definition) is 1. The van der Waals surface area contributed by atoms with Gasteiger partial charge in [-0.1, -0.05) is 23.7 Å². The van der Waals surface area contributed by atoms with E-state index in [-0.39, 0.29) is 5.91 Å². The van der Waals surface area contributed by atoms with Crippen molar-refractivity contribution in [2.24, 2.45) is 0 Å². The summed E-state index contributed by atoms with van der Waals surface area (Å²) in [7, 11) is 0. The van der Waals surface area contributed by atoms with Gasteiger partial charge in [0, 0.05) is 35.2 Å². The monoisotopic (exact) mass is 374 g/mol. The summed E-state index contributed by atoms with van der Waals surface area (Å²) in [6, 6.07) is 13.9. The van der Waals surface area contributed by atoms with Gasteiger partial charge in [0.15, 0.2) is 0 Å². The fourth-order valence-electron chi connectivity index (χ4n) is 3.13. The third-order valence-electron chi connectivity index (χ3n) is 4.32. The van der Waals surface area contributed by atoms with Crippen LogP contribution in [-0.2, 0) is 10.5 Å². The van der Waals surface area contributed by atoms with Crippen LogP contribution in [0.2, 0.25) is 5.02 Å². The molecule has 0 spiro atoms. The third kappa shape index (κ3) is 5.16. The Morgan fingerprint density at radius 1 is 1.20 bits per heavy atom. The zero-order valence-electron chi connectivity index (χ0n) is 14.4. The first kappa shape index (κ1) is 18.2. The van der Waals surface area contributed by atoms with E-state index in [0.717, 1.165) is 35.1 Å². The van der Waals surface area contributed by atoms with Gasteiger partial charge in [-0.3, -0.25) is 4.79 Å². The lowest BCUT2D eigenvalue weighted by atomic mass is 10.1. The van der Waals surface area contributed by atoms with E-state index in [0.29, 0.717) is 5.75 Å². The van der Waals surface area contributed by atoms with Crippen LogP contribution in [-0.4, -0.2) is 24.7 Å². The van der Waals surface area contributed by atoms with Crippen LogP contribution < -0.4 is 10.2 Å². The van der Waals surface area contributed by atoms with Gasteiger partial charge in [-0.15, -0.1) is 11.8 Å². The van der Waals surface area contributed by atoms with Crippen LogP contribution in [0.5, 0.6) is 0 Å². The number of halogens is 1. The molecule has 5 heteroatoms. The number of carbonyl (C=O) groups is 1. The Morgan fingerprint density at radius 2 is 2.00 bits per heavy atom. The lowest BCUT2D eigenvalue weighted by molar-refractivity contribution is -0.113. The molecule has 0 radical (unpaired) electrons. The van der Waals surface area contributed by atoms with E-state index in [1.165, 1.54) is 24.1 Å². The Bertz CT molecular complexity index is 744. The maximum atomic E-state index is 12.2. The number of benzene rings is 2. The van der Waals surface area contributed by atoms with E-state index in [4.69, 9.17) is 11.6 Å². The van der Waals surface area contributed by atoms with Crippen LogP contribution in [0.4, 0.5) is 11.4 Å². The van der Waals surface area contributed by atoms with E-state index in [1.807, 2.05) is 30.3 Å². The van der Waals surface area contributed by atoms with Gasteiger partial charge in [0.25, 0.3) is 0 Å². The Kier molecular flexibility index (Phi) is 6.27. The molecule has 25 heavy (non-hydrogen) atoms. The van der Waals surface area contributed by atoms with Crippen LogP contribution in [0, 0.1) is 6.92 Å². The van der Waals surface area contributed by atoms with Gasteiger partial charge in [0.1, 0.15) is 0 Å². The summed E-state index contributed by atoms with van der Waals surface area (Å²) in [6.07, 6.45) is 2.53. The van der Waals surface area contributed by atoms with Crippen molar-refractivity contribution < 1.29 is 4.79 Å². The normalized spacial score (nSPS) is 13.9. The molecule has 3 rings (SSSR count). The average molecular weight is 375 g/mol.